The highest BCUT2D eigenvalue weighted by Crippen LogP contribution is 2.17. The zero-order valence-electron chi connectivity index (χ0n) is 14.8. The van der Waals surface area contributed by atoms with Gasteiger partial charge in [0.15, 0.2) is 0 Å². The van der Waals surface area contributed by atoms with Gasteiger partial charge in [-0.1, -0.05) is 0 Å². The second-order valence-corrected chi connectivity index (χ2v) is 5.72. The number of anilines is 3. The molecule has 1 amide bonds. The van der Waals surface area contributed by atoms with Crippen LogP contribution in [0.1, 0.15) is 21.7 Å². The number of ether oxygens (including phenoxy) is 1. The van der Waals surface area contributed by atoms with Crippen LogP contribution in [0.2, 0.25) is 0 Å². The number of carbonyl (C=O) groups is 1. The number of carbonyl (C=O) groups excluding carboxylic acids is 1. The van der Waals surface area contributed by atoms with E-state index in [1.807, 2.05) is 32.0 Å². The van der Waals surface area contributed by atoms with Gasteiger partial charge in [0.2, 0.25) is 11.8 Å². The van der Waals surface area contributed by atoms with Crippen molar-refractivity contribution < 1.29 is 9.53 Å². The normalized spacial score (nSPS) is 10.3. The van der Waals surface area contributed by atoms with Gasteiger partial charge in [-0.3, -0.25) is 4.79 Å². The molecule has 0 aliphatic carbocycles. The van der Waals surface area contributed by atoms with Crippen LogP contribution >= 0.6 is 0 Å². The third-order valence-electron chi connectivity index (χ3n) is 3.59. The maximum Gasteiger partial charge on any atom is 0.255 e. The number of amides is 1. The van der Waals surface area contributed by atoms with Crippen molar-refractivity contribution in [3.63, 3.8) is 0 Å². The van der Waals surface area contributed by atoms with Gasteiger partial charge < -0.3 is 15.4 Å². The number of hydrogen-bond donors (Lipinski definition) is 2. The van der Waals surface area contributed by atoms with Crippen molar-refractivity contribution >= 4 is 23.2 Å². The van der Waals surface area contributed by atoms with Crippen molar-refractivity contribution in [1.82, 2.24) is 15.0 Å². The van der Waals surface area contributed by atoms with Crippen LogP contribution in [-0.2, 0) is 0 Å². The zero-order valence-corrected chi connectivity index (χ0v) is 14.8. The molecule has 0 aliphatic rings. The topological polar surface area (TPSA) is 89.0 Å². The number of aromatic nitrogens is 3. The number of methoxy groups -OCH3 is 1. The summed E-state index contributed by atoms with van der Waals surface area (Å²) in [5.41, 5.74) is 3.72. The first-order valence-electron chi connectivity index (χ1n) is 8.04. The second kappa shape index (κ2) is 7.60. The Morgan fingerprint density at radius 3 is 2.19 bits per heavy atom. The molecular weight excluding hydrogens is 330 g/mol. The van der Waals surface area contributed by atoms with Crippen LogP contribution < -0.4 is 15.4 Å². The van der Waals surface area contributed by atoms with Gasteiger partial charge >= 0.3 is 0 Å². The predicted octanol–water partition coefficient (Wildman–Crippen LogP) is 3.49. The molecule has 7 nitrogen and oxygen atoms in total. The number of hydrogen-bond acceptors (Lipinski definition) is 6. The van der Waals surface area contributed by atoms with Crippen molar-refractivity contribution in [2.45, 2.75) is 13.8 Å². The van der Waals surface area contributed by atoms with E-state index in [9.17, 15) is 4.79 Å². The van der Waals surface area contributed by atoms with Gasteiger partial charge in [0.25, 0.3) is 5.91 Å². The molecule has 7 heteroatoms. The van der Waals surface area contributed by atoms with Gasteiger partial charge in [0, 0.05) is 28.7 Å². The van der Waals surface area contributed by atoms with Gasteiger partial charge in [-0.05, 0) is 50.2 Å². The number of rotatable bonds is 5. The summed E-state index contributed by atoms with van der Waals surface area (Å²) in [7, 11) is 1.54. The number of nitrogens with zero attached hydrogens (tertiary/aromatic N) is 3. The van der Waals surface area contributed by atoms with Gasteiger partial charge in [0.05, 0.1) is 19.0 Å². The molecule has 0 radical (unpaired) electrons. The molecule has 3 rings (SSSR count). The van der Waals surface area contributed by atoms with E-state index in [0.717, 1.165) is 17.1 Å². The fourth-order valence-electron chi connectivity index (χ4n) is 2.39. The van der Waals surface area contributed by atoms with E-state index in [2.05, 4.69) is 25.6 Å². The van der Waals surface area contributed by atoms with E-state index in [0.29, 0.717) is 23.1 Å². The first kappa shape index (κ1) is 17.3. The standard InChI is InChI=1S/C19H19N5O2/c1-12-10-13(2)22-19(21-12)24-15-6-4-14(5-7-15)18(25)23-16-8-9-17(26-3)20-11-16/h4-11H,1-3H3,(H,23,25)(H,21,22,24). The van der Waals surface area contributed by atoms with Gasteiger partial charge in [-0.15, -0.1) is 0 Å². The molecule has 2 N–H and O–H groups in total. The lowest BCUT2D eigenvalue weighted by Crippen LogP contribution is -2.12. The zero-order chi connectivity index (χ0) is 18.5. The molecule has 0 aliphatic heterocycles. The molecule has 0 bridgehead atoms. The number of benzene rings is 1. The van der Waals surface area contributed by atoms with Crippen LogP contribution in [0.15, 0.2) is 48.7 Å². The van der Waals surface area contributed by atoms with Crippen LogP contribution in [0.25, 0.3) is 0 Å². The molecule has 0 fully saturated rings. The van der Waals surface area contributed by atoms with Crippen molar-refractivity contribution in [3.8, 4) is 5.88 Å². The van der Waals surface area contributed by atoms with Gasteiger partial charge in [-0.2, -0.15) is 0 Å². The number of pyridine rings is 1. The molecule has 1 aromatic carbocycles. The minimum Gasteiger partial charge on any atom is -0.481 e. The van der Waals surface area contributed by atoms with Crippen LogP contribution in [0, 0.1) is 13.8 Å². The molecule has 0 spiro atoms. The Labute approximate surface area is 151 Å². The molecule has 0 atom stereocenters. The van der Waals surface area contributed by atoms with E-state index >= 15 is 0 Å². The molecule has 3 aromatic rings. The average molecular weight is 349 g/mol. The fraction of sp³-hybridized carbons (Fsp3) is 0.158. The van der Waals surface area contributed by atoms with E-state index < -0.39 is 0 Å². The molecule has 0 unspecified atom stereocenters. The summed E-state index contributed by atoms with van der Waals surface area (Å²) in [5.74, 6) is 0.808. The highest BCUT2D eigenvalue weighted by Gasteiger charge is 2.07. The largest absolute Gasteiger partial charge is 0.481 e. The summed E-state index contributed by atoms with van der Waals surface area (Å²) in [6, 6.07) is 12.4. The Hall–Kier alpha value is -3.48. The SMILES string of the molecule is COc1ccc(NC(=O)c2ccc(Nc3nc(C)cc(C)n3)cc2)cn1. The maximum absolute atomic E-state index is 12.3. The molecular formula is C19H19N5O2. The molecule has 0 saturated carbocycles. The Morgan fingerprint density at radius 1 is 0.962 bits per heavy atom. The Bertz CT molecular complexity index is 888. The van der Waals surface area contributed by atoms with Gasteiger partial charge in [0.1, 0.15) is 0 Å². The Kier molecular flexibility index (Phi) is 5.07. The van der Waals surface area contributed by atoms with Crippen LogP contribution in [-0.4, -0.2) is 28.0 Å². The van der Waals surface area contributed by atoms with Crippen molar-refractivity contribution in [2.75, 3.05) is 17.7 Å². The first-order valence-corrected chi connectivity index (χ1v) is 8.04. The van der Waals surface area contributed by atoms with Crippen LogP contribution in [0.4, 0.5) is 17.3 Å². The van der Waals surface area contributed by atoms with Gasteiger partial charge in [-0.25, -0.2) is 15.0 Å². The number of nitrogens with one attached hydrogen (secondary N) is 2. The quantitative estimate of drug-likeness (QED) is 0.733. The molecule has 2 aromatic heterocycles. The van der Waals surface area contributed by atoms with Crippen molar-refractivity contribution in [3.05, 3.63) is 65.6 Å². The first-order chi connectivity index (χ1) is 12.5. The molecule has 132 valence electrons. The Morgan fingerprint density at radius 2 is 1.62 bits per heavy atom. The minimum atomic E-state index is -0.217. The minimum absolute atomic E-state index is 0.217. The monoisotopic (exact) mass is 349 g/mol. The highest BCUT2D eigenvalue weighted by atomic mass is 16.5. The second-order valence-electron chi connectivity index (χ2n) is 5.72. The summed E-state index contributed by atoms with van der Waals surface area (Å²) < 4.78 is 4.99. The fourth-order valence-corrected chi connectivity index (χ4v) is 2.39. The van der Waals surface area contributed by atoms with Crippen molar-refractivity contribution in [2.24, 2.45) is 0 Å². The summed E-state index contributed by atoms with van der Waals surface area (Å²) in [6.07, 6.45) is 1.55. The lowest BCUT2D eigenvalue weighted by molar-refractivity contribution is 0.102. The average Bonchev–Trinajstić information content (AvgIpc) is 2.62. The lowest BCUT2D eigenvalue weighted by Gasteiger charge is -2.08. The van der Waals surface area contributed by atoms with E-state index in [1.165, 1.54) is 0 Å². The summed E-state index contributed by atoms with van der Waals surface area (Å²) in [6.45, 7) is 3.84. The third-order valence-corrected chi connectivity index (χ3v) is 3.59. The predicted molar refractivity (Wildman–Crippen MR) is 100.0 cm³/mol. The summed E-state index contributed by atoms with van der Waals surface area (Å²) in [5, 5.41) is 5.93. The summed E-state index contributed by atoms with van der Waals surface area (Å²) in [4.78, 5) is 25.0. The maximum atomic E-state index is 12.3. The molecule has 0 saturated heterocycles. The highest BCUT2D eigenvalue weighted by molar-refractivity contribution is 6.04. The van der Waals surface area contributed by atoms with Crippen molar-refractivity contribution in [1.29, 1.82) is 0 Å². The smallest absolute Gasteiger partial charge is 0.255 e. The third kappa shape index (κ3) is 4.32. The van der Waals surface area contributed by atoms with E-state index in [4.69, 9.17) is 4.74 Å². The van der Waals surface area contributed by atoms with E-state index in [1.54, 1.807) is 37.6 Å². The molecule has 2 heterocycles. The number of aryl methyl sites for hydroxylation is 2. The van der Waals surface area contributed by atoms with E-state index in [-0.39, 0.29) is 5.91 Å². The summed E-state index contributed by atoms with van der Waals surface area (Å²) >= 11 is 0. The Balaban J connectivity index is 1.67. The van der Waals surface area contributed by atoms with Crippen LogP contribution in [0.3, 0.4) is 0 Å². The van der Waals surface area contributed by atoms with Crippen LogP contribution in [0.5, 0.6) is 5.88 Å². The lowest BCUT2D eigenvalue weighted by atomic mass is 10.2. The molecule has 26 heavy (non-hydrogen) atoms.